The number of nitriles is 1. The largest absolute Gasteiger partial charge is 0.339 e. The number of carbonyl (C=O) groups excluding carboxylic acids is 2. The van der Waals surface area contributed by atoms with E-state index in [9.17, 15) is 19.2 Å². The van der Waals surface area contributed by atoms with E-state index in [-0.39, 0.29) is 24.3 Å². The summed E-state index contributed by atoms with van der Waals surface area (Å²) >= 11 is 0. The molecule has 0 unspecified atom stereocenters. The number of nitrogens with zero attached hydrogens (tertiary/aromatic N) is 3. The van der Waals surface area contributed by atoms with Gasteiger partial charge in [-0.1, -0.05) is 12.1 Å². The predicted molar refractivity (Wildman–Crippen MR) is 103 cm³/mol. The van der Waals surface area contributed by atoms with Crippen molar-refractivity contribution in [2.24, 2.45) is 5.92 Å². The molecule has 1 aliphatic heterocycles. The average Bonchev–Trinajstić information content (AvgIpc) is 3.45. The number of amides is 1. The minimum absolute atomic E-state index is 0.0852. The van der Waals surface area contributed by atoms with Gasteiger partial charge in [-0.2, -0.15) is 10.4 Å². The van der Waals surface area contributed by atoms with E-state index >= 15 is 0 Å². The molecule has 2 bridgehead atoms. The normalized spacial score (nSPS) is 23.6. The van der Waals surface area contributed by atoms with Gasteiger partial charge in [0.15, 0.2) is 0 Å². The standard InChI is InChI=1S/C21H22FN5O2/c1-12(28)27-11-16(10-24-27)13-2-3-14(19(22)8-13)6-18(9-23)26-21(29)20-15-4-5-17(7-15)25-20/h2-3,8,10-11,15,17-18,20,25H,4-7H2,1H3,(H,26,29)/t15-,17+,18-,20-/m0/s1. The van der Waals surface area contributed by atoms with Crippen LogP contribution in [0.3, 0.4) is 0 Å². The van der Waals surface area contributed by atoms with E-state index in [1.165, 1.54) is 30.1 Å². The monoisotopic (exact) mass is 395 g/mol. The predicted octanol–water partition coefficient (Wildman–Crippen LogP) is 2.04. The van der Waals surface area contributed by atoms with Gasteiger partial charge < -0.3 is 10.6 Å². The fourth-order valence-corrected chi connectivity index (χ4v) is 4.30. The number of nitrogens with one attached hydrogen (secondary N) is 2. The van der Waals surface area contributed by atoms with E-state index < -0.39 is 11.9 Å². The lowest BCUT2D eigenvalue weighted by atomic mass is 9.98. The van der Waals surface area contributed by atoms with Crippen LogP contribution in [-0.2, 0) is 11.2 Å². The van der Waals surface area contributed by atoms with Gasteiger partial charge in [-0.25, -0.2) is 9.07 Å². The van der Waals surface area contributed by atoms with Crippen molar-refractivity contribution in [1.29, 1.82) is 5.26 Å². The number of aromatic nitrogens is 2. The van der Waals surface area contributed by atoms with Gasteiger partial charge in [-0.05, 0) is 42.4 Å². The molecule has 0 spiro atoms. The van der Waals surface area contributed by atoms with E-state index in [0.717, 1.165) is 19.3 Å². The minimum Gasteiger partial charge on any atom is -0.339 e. The molecule has 7 nitrogen and oxygen atoms in total. The van der Waals surface area contributed by atoms with Crippen LogP contribution in [0.15, 0.2) is 30.6 Å². The summed E-state index contributed by atoms with van der Waals surface area (Å²) in [7, 11) is 0. The van der Waals surface area contributed by atoms with Gasteiger partial charge in [0.2, 0.25) is 11.8 Å². The van der Waals surface area contributed by atoms with E-state index in [4.69, 9.17) is 0 Å². The second-order valence-corrected chi connectivity index (χ2v) is 7.81. The summed E-state index contributed by atoms with van der Waals surface area (Å²) in [6.07, 6.45) is 6.25. The third kappa shape index (κ3) is 3.91. The van der Waals surface area contributed by atoms with Crippen LogP contribution in [0.25, 0.3) is 11.1 Å². The van der Waals surface area contributed by atoms with Gasteiger partial charge in [-0.3, -0.25) is 9.59 Å². The molecule has 1 amide bonds. The summed E-state index contributed by atoms with van der Waals surface area (Å²) in [4.78, 5) is 23.9. The Balaban J connectivity index is 1.43. The van der Waals surface area contributed by atoms with E-state index in [1.54, 1.807) is 12.1 Å². The van der Waals surface area contributed by atoms with E-state index in [0.29, 0.717) is 28.7 Å². The Morgan fingerprint density at radius 2 is 2.24 bits per heavy atom. The van der Waals surface area contributed by atoms with E-state index in [2.05, 4.69) is 21.8 Å². The average molecular weight is 395 g/mol. The fraction of sp³-hybridized carbons (Fsp3) is 0.429. The van der Waals surface area contributed by atoms with Crippen molar-refractivity contribution in [2.45, 2.75) is 50.7 Å². The molecule has 1 aliphatic carbocycles. The van der Waals surface area contributed by atoms with Gasteiger partial charge in [0, 0.05) is 31.1 Å². The van der Waals surface area contributed by atoms with Crippen LogP contribution in [-0.4, -0.2) is 39.7 Å². The lowest BCUT2D eigenvalue weighted by Crippen LogP contribution is -2.50. The topological polar surface area (TPSA) is 99.8 Å². The highest BCUT2D eigenvalue weighted by atomic mass is 19.1. The first-order valence-electron chi connectivity index (χ1n) is 9.75. The zero-order valence-electron chi connectivity index (χ0n) is 16.1. The maximum atomic E-state index is 14.6. The number of rotatable bonds is 5. The lowest BCUT2D eigenvalue weighted by Gasteiger charge is -2.23. The number of fused-ring (bicyclic) bond motifs is 2. The number of hydrogen-bond acceptors (Lipinski definition) is 5. The Morgan fingerprint density at radius 3 is 2.83 bits per heavy atom. The van der Waals surface area contributed by atoms with Crippen LogP contribution in [0.2, 0.25) is 0 Å². The van der Waals surface area contributed by atoms with Crippen molar-refractivity contribution in [3.05, 3.63) is 42.0 Å². The molecule has 8 heteroatoms. The van der Waals surface area contributed by atoms with Crippen LogP contribution in [0, 0.1) is 23.1 Å². The molecule has 150 valence electrons. The van der Waals surface area contributed by atoms with Gasteiger partial charge in [-0.15, -0.1) is 0 Å². The highest BCUT2D eigenvalue weighted by molar-refractivity contribution is 5.83. The maximum absolute atomic E-state index is 14.6. The Bertz CT molecular complexity index is 995. The highest BCUT2D eigenvalue weighted by Gasteiger charge is 2.43. The van der Waals surface area contributed by atoms with Crippen molar-refractivity contribution in [1.82, 2.24) is 20.4 Å². The van der Waals surface area contributed by atoms with Crippen LogP contribution >= 0.6 is 0 Å². The smallest absolute Gasteiger partial charge is 0.243 e. The third-order valence-corrected chi connectivity index (χ3v) is 5.83. The van der Waals surface area contributed by atoms with Crippen LogP contribution < -0.4 is 10.6 Å². The zero-order valence-corrected chi connectivity index (χ0v) is 16.1. The lowest BCUT2D eigenvalue weighted by molar-refractivity contribution is -0.124. The SMILES string of the molecule is CC(=O)n1cc(-c2ccc(C[C@@H](C#N)NC(=O)[C@H]3N[C@@H]4CC[C@H]3C4)c(F)c2)cn1. The second-order valence-electron chi connectivity index (χ2n) is 7.81. The molecule has 1 aromatic heterocycles. The first-order chi connectivity index (χ1) is 13.9. The molecule has 1 saturated carbocycles. The van der Waals surface area contributed by atoms with E-state index in [1.807, 2.05) is 0 Å². The summed E-state index contributed by atoms with van der Waals surface area (Å²) in [5.41, 5.74) is 1.56. The number of hydrogen-bond donors (Lipinski definition) is 2. The molecule has 2 aromatic rings. The third-order valence-electron chi connectivity index (χ3n) is 5.83. The molecule has 2 heterocycles. The van der Waals surface area contributed by atoms with Crippen molar-refractivity contribution >= 4 is 11.8 Å². The summed E-state index contributed by atoms with van der Waals surface area (Å²) in [6, 6.07) is 6.07. The van der Waals surface area contributed by atoms with Gasteiger partial charge >= 0.3 is 0 Å². The maximum Gasteiger partial charge on any atom is 0.243 e. The summed E-state index contributed by atoms with van der Waals surface area (Å²) in [5, 5.41) is 19.4. The highest BCUT2D eigenvalue weighted by Crippen LogP contribution is 2.35. The molecule has 4 atom stereocenters. The van der Waals surface area contributed by atoms with Crippen molar-refractivity contribution < 1.29 is 14.0 Å². The molecule has 4 rings (SSSR count). The quantitative estimate of drug-likeness (QED) is 0.807. The van der Waals surface area contributed by atoms with Gasteiger partial charge in [0.25, 0.3) is 0 Å². The first-order valence-corrected chi connectivity index (χ1v) is 9.75. The van der Waals surface area contributed by atoms with Crippen molar-refractivity contribution in [2.75, 3.05) is 0 Å². The van der Waals surface area contributed by atoms with Crippen molar-refractivity contribution in [3.63, 3.8) is 0 Å². The molecule has 2 N–H and O–H groups in total. The molecule has 1 aromatic carbocycles. The van der Waals surface area contributed by atoms with Crippen LogP contribution in [0.4, 0.5) is 4.39 Å². The molecule has 29 heavy (non-hydrogen) atoms. The Hall–Kier alpha value is -3.05. The molecular formula is C21H22FN5O2. The van der Waals surface area contributed by atoms with Crippen molar-refractivity contribution in [3.8, 4) is 17.2 Å². The first kappa shape index (κ1) is 19.3. The van der Waals surface area contributed by atoms with Gasteiger partial charge in [0.1, 0.15) is 11.9 Å². The molecular weight excluding hydrogens is 373 g/mol. The zero-order chi connectivity index (χ0) is 20.5. The van der Waals surface area contributed by atoms with Gasteiger partial charge in [0.05, 0.1) is 18.3 Å². The molecule has 2 aliphatic rings. The number of piperidine rings is 1. The second kappa shape index (κ2) is 7.76. The number of halogens is 1. The fourth-order valence-electron chi connectivity index (χ4n) is 4.30. The Kier molecular flexibility index (Phi) is 5.16. The summed E-state index contributed by atoms with van der Waals surface area (Å²) in [6.45, 7) is 1.39. The Labute approximate surface area is 167 Å². The Morgan fingerprint density at radius 1 is 1.41 bits per heavy atom. The molecule has 2 fully saturated rings. The number of benzene rings is 1. The molecule has 0 radical (unpaired) electrons. The summed E-state index contributed by atoms with van der Waals surface area (Å²) < 4.78 is 15.8. The molecule has 1 saturated heterocycles. The number of carbonyl (C=O) groups is 2. The van der Waals surface area contributed by atoms with Crippen LogP contribution in [0.5, 0.6) is 0 Å². The van der Waals surface area contributed by atoms with Crippen LogP contribution in [0.1, 0.15) is 36.5 Å². The minimum atomic E-state index is -0.802. The summed E-state index contributed by atoms with van der Waals surface area (Å²) in [5.74, 6) is -0.555.